The first-order chi connectivity index (χ1) is 17.8. The average molecular weight is 498 g/mol. The summed E-state index contributed by atoms with van der Waals surface area (Å²) in [5.74, 6) is 4.73. The molecule has 2 nitrogen and oxygen atoms in total. The van der Waals surface area contributed by atoms with E-state index in [1.807, 2.05) is 91.0 Å². The molecule has 5 heteroatoms. The Morgan fingerprint density at radius 3 is 1.51 bits per heavy atom. The fourth-order valence-electron chi connectivity index (χ4n) is 4.62. The molecule has 4 aromatic carbocycles. The Labute approximate surface area is 214 Å². The fraction of sp³-hybridized carbons (Fsp3) is 0.188. The Morgan fingerprint density at radius 2 is 1.08 bits per heavy atom. The van der Waals surface area contributed by atoms with Gasteiger partial charge in [-0.2, -0.15) is 13.2 Å². The molecule has 1 saturated carbocycles. The van der Waals surface area contributed by atoms with Gasteiger partial charge in [-0.15, -0.1) is 0 Å². The first-order valence-electron chi connectivity index (χ1n) is 12.2. The van der Waals surface area contributed by atoms with Crippen molar-refractivity contribution in [2.24, 2.45) is 5.92 Å². The summed E-state index contributed by atoms with van der Waals surface area (Å²) in [6.45, 7) is 0. The summed E-state index contributed by atoms with van der Waals surface area (Å²) < 4.78 is 43.4. The highest BCUT2D eigenvalue weighted by Gasteiger charge is 2.56. The third-order valence-corrected chi connectivity index (χ3v) is 6.70. The summed E-state index contributed by atoms with van der Waals surface area (Å²) in [7, 11) is 0. The van der Waals surface area contributed by atoms with Crippen molar-refractivity contribution < 1.29 is 18.3 Å². The van der Waals surface area contributed by atoms with E-state index < -0.39 is 17.3 Å². The molecule has 1 aliphatic rings. The lowest BCUT2D eigenvalue weighted by atomic mass is 9.76. The van der Waals surface area contributed by atoms with Crippen molar-refractivity contribution in [1.29, 1.82) is 0 Å². The number of aliphatic hydroxyl groups is 1. The van der Waals surface area contributed by atoms with E-state index in [0.717, 1.165) is 29.5 Å². The van der Waals surface area contributed by atoms with Crippen LogP contribution >= 0.6 is 0 Å². The summed E-state index contributed by atoms with van der Waals surface area (Å²) in [6, 6.07) is 34.8. The van der Waals surface area contributed by atoms with Crippen LogP contribution in [0.5, 0.6) is 0 Å². The van der Waals surface area contributed by atoms with Crippen molar-refractivity contribution >= 4 is 5.69 Å². The first kappa shape index (κ1) is 24.7. The van der Waals surface area contributed by atoms with Crippen LogP contribution in [0.3, 0.4) is 0 Å². The van der Waals surface area contributed by atoms with Crippen LogP contribution in [0.2, 0.25) is 0 Å². The highest BCUT2D eigenvalue weighted by molar-refractivity contribution is 5.65. The second kappa shape index (κ2) is 9.80. The van der Waals surface area contributed by atoms with Crippen LogP contribution < -0.4 is 5.32 Å². The maximum Gasteiger partial charge on any atom is 0.433 e. The van der Waals surface area contributed by atoms with Crippen LogP contribution in [0.25, 0.3) is 0 Å². The second-order valence-electron chi connectivity index (χ2n) is 9.27. The van der Waals surface area contributed by atoms with Gasteiger partial charge in [-0.3, -0.25) is 0 Å². The van der Waals surface area contributed by atoms with Gasteiger partial charge in [-0.05, 0) is 35.6 Å². The van der Waals surface area contributed by atoms with Gasteiger partial charge < -0.3 is 10.4 Å². The van der Waals surface area contributed by atoms with E-state index in [-0.39, 0.29) is 17.2 Å². The summed E-state index contributed by atoms with van der Waals surface area (Å²) in [5, 5.41) is 14.6. The second-order valence-corrected chi connectivity index (χ2v) is 9.27. The fourth-order valence-corrected chi connectivity index (χ4v) is 4.62. The molecule has 186 valence electrons. The molecule has 0 aromatic heterocycles. The van der Waals surface area contributed by atoms with Gasteiger partial charge in [0.2, 0.25) is 5.60 Å². The molecule has 0 bridgehead atoms. The minimum Gasteiger partial charge on any atom is -0.368 e. The Hall–Kier alpha value is -4.01. The number of halogens is 3. The Kier molecular flexibility index (Phi) is 6.54. The summed E-state index contributed by atoms with van der Waals surface area (Å²) in [4.78, 5) is 0. The zero-order chi connectivity index (χ0) is 25.9. The monoisotopic (exact) mass is 497 g/mol. The van der Waals surface area contributed by atoms with Crippen LogP contribution in [0.4, 0.5) is 18.9 Å². The first-order valence-corrected chi connectivity index (χ1v) is 12.2. The predicted molar refractivity (Wildman–Crippen MR) is 140 cm³/mol. The van der Waals surface area contributed by atoms with Gasteiger partial charge in [-0.25, -0.2) is 0 Å². The van der Waals surface area contributed by atoms with Gasteiger partial charge in [0.25, 0.3) is 0 Å². The van der Waals surface area contributed by atoms with Crippen LogP contribution in [0.15, 0.2) is 115 Å². The number of hydrogen-bond donors (Lipinski definition) is 2. The summed E-state index contributed by atoms with van der Waals surface area (Å²) in [6.07, 6.45) is -3.50. The molecule has 1 fully saturated rings. The van der Waals surface area contributed by atoms with Crippen molar-refractivity contribution in [2.75, 3.05) is 5.32 Å². The zero-order valence-electron chi connectivity index (χ0n) is 20.0. The van der Waals surface area contributed by atoms with Crippen LogP contribution in [-0.2, 0) is 11.1 Å². The molecule has 1 unspecified atom stereocenters. The minimum absolute atomic E-state index is 0.106. The lowest BCUT2D eigenvalue weighted by Crippen LogP contribution is -2.43. The highest BCUT2D eigenvalue weighted by atomic mass is 19.4. The van der Waals surface area contributed by atoms with Crippen LogP contribution in [0, 0.1) is 17.8 Å². The van der Waals surface area contributed by atoms with Crippen molar-refractivity contribution in [2.45, 2.75) is 30.2 Å². The van der Waals surface area contributed by atoms with Crippen molar-refractivity contribution in [3.8, 4) is 11.8 Å². The summed E-state index contributed by atoms with van der Waals surface area (Å²) >= 11 is 0. The molecule has 2 N–H and O–H groups in total. The quantitative estimate of drug-likeness (QED) is 0.217. The maximum atomic E-state index is 14.5. The van der Waals surface area contributed by atoms with E-state index in [9.17, 15) is 18.3 Å². The third-order valence-electron chi connectivity index (χ3n) is 6.70. The molecule has 4 aromatic rings. The molecular weight excluding hydrogens is 471 g/mol. The van der Waals surface area contributed by atoms with E-state index in [1.54, 1.807) is 12.1 Å². The number of benzene rings is 4. The van der Waals surface area contributed by atoms with Crippen LogP contribution in [0.1, 0.15) is 35.1 Å². The largest absolute Gasteiger partial charge is 0.433 e. The summed E-state index contributed by atoms with van der Waals surface area (Å²) in [5.41, 5.74) is -2.07. The molecule has 0 heterocycles. The van der Waals surface area contributed by atoms with Crippen molar-refractivity contribution in [1.82, 2.24) is 0 Å². The molecular formula is C32H26F3NO. The Balaban J connectivity index is 1.76. The van der Waals surface area contributed by atoms with Gasteiger partial charge in [-0.1, -0.05) is 121 Å². The predicted octanol–water partition coefficient (Wildman–Crippen LogP) is 7.25. The maximum absolute atomic E-state index is 14.5. The number of anilines is 1. The number of alkyl halides is 3. The average Bonchev–Trinajstić information content (AvgIpc) is 3.76. The van der Waals surface area contributed by atoms with E-state index >= 15 is 0 Å². The molecule has 1 aliphatic carbocycles. The molecule has 37 heavy (non-hydrogen) atoms. The molecule has 0 aliphatic heterocycles. The molecule has 0 amide bonds. The van der Waals surface area contributed by atoms with E-state index in [4.69, 9.17) is 0 Å². The van der Waals surface area contributed by atoms with E-state index in [2.05, 4.69) is 17.2 Å². The Morgan fingerprint density at radius 1 is 0.649 bits per heavy atom. The molecule has 5 rings (SSSR count). The molecule has 0 saturated heterocycles. The van der Waals surface area contributed by atoms with Gasteiger partial charge in [0, 0.05) is 17.2 Å². The number of rotatable bonds is 6. The standard InChI is InChI=1S/C32H26F3NO/c33-32(34,35)30(37,23-22-24-20-21-24)28-18-10-11-19-29(28)36-31(25-12-4-1-5-13-25,26-14-6-2-7-15-26)27-16-8-3-9-17-27/h1-19,24,36-37H,20-21H2. The van der Waals surface area contributed by atoms with Gasteiger partial charge >= 0.3 is 6.18 Å². The molecule has 0 radical (unpaired) electrons. The number of para-hydroxylation sites is 1. The van der Waals surface area contributed by atoms with E-state index in [1.165, 1.54) is 12.1 Å². The zero-order valence-corrected chi connectivity index (χ0v) is 20.0. The lowest BCUT2D eigenvalue weighted by Gasteiger charge is -2.39. The van der Waals surface area contributed by atoms with Crippen LogP contribution in [-0.4, -0.2) is 11.3 Å². The van der Waals surface area contributed by atoms with Crippen molar-refractivity contribution in [3.63, 3.8) is 0 Å². The SMILES string of the molecule is OC(C#CC1CC1)(c1ccccc1NC(c1ccccc1)(c1ccccc1)c1ccccc1)C(F)(F)F. The third kappa shape index (κ3) is 4.73. The smallest absolute Gasteiger partial charge is 0.368 e. The lowest BCUT2D eigenvalue weighted by molar-refractivity contribution is -0.240. The van der Waals surface area contributed by atoms with Crippen molar-refractivity contribution in [3.05, 3.63) is 138 Å². The number of hydrogen-bond acceptors (Lipinski definition) is 2. The van der Waals surface area contributed by atoms with Gasteiger partial charge in [0.1, 0.15) is 5.54 Å². The number of nitrogens with one attached hydrogen (secondary N) is 1. The molecule has 0 spiro atoms. The van der Waals surface area contributed by atoms with E-state index in [0.29, 0.717) is 0 Å². The van der Waals surface area contributed by atoms with Gasteiger partial charge in [0.15, 0.2) is 0 Å². The topological polar surface area (TPSA) is 32.3 Å². The highest BCUT2D eigenvalue weighted by Crippen LogP contribution is 2.46. The minimum atomic E-state index is -5.00. The normalized spacial score (nSPS) is 15.2. The van der Waals surface area contributed by atoms with Gasteiger partial charge in [0.05, 0.1) is 0 Å². The molecule has 1 atom stereocenters. The Bertz CT molecular complexity index is 1310.